The molecule has 1 aromatic rings. The predicted octanol–water partition coefficient (Wildman–Crippen LogP) is 1.25. The summed E-state index contributed by atoms with van der Waals surface area (Å²) in [6, 6.07) is 3.44. The number of hydrogen-bond acceptors (Lipinski definition) is 4. The van der Waals surface area contributed by atoms with Crippen molar-refractivity contribution in [2.24, 2.45) is 0 Å². The Kier molecular flexibility index (Phi) is 3.40. The van der Waals surface area contributed by atoms with E-state index in [1.54, 1.807) is 12.1 Å². The molecule has 5 heteroatoms. The molecule has 0 aliphatic carbocycles. The van der Waals surface area contributed by atoms with Gasteiger partial charge in [0.25, 0.3) is 0 Å². The van der Waals surface area contributed by atoms with E-state index in [4.69, 9.17) is 0 Å². The summed E-state index contributed by atoms with van der Waals surface area (Å²) in [5, 5.41) is 10.1. The molecule has 1 rings (SSSR count). The highest BCUT2D eigenvalue weighted by molar-refractivity contribution is 7.92. The van der Waals surface area contributed by atoms with Crippen LogP contribution in [-0.4, -0.2) is 29.5 Å². The Balaban J connectivity index is 3.12. The van der Waals surface area contributed by atoms with Crippen LogP contribution in [0.2, 0.25) is 0 Å². The molecule has 0 aliphatic heterocycles. The molecule has 0 saturated carbocycles. The molecule has 0 radical (unpaired) electrons. The lowest BCUT2D eigenvalue weighted by Crippen LogP contribution is -2.37. The van der Waals surface area contributed by atoms with Crippen molar-refractivity contribution in [2.45, 2.75) is 31.6 Å². The summed E-state index contributed by atoms with van der Waals surface area (Å²) in [6.45, 7) is 4.84. The van der Waals surface area contributed by atoms with Gasteiger partial charge in [-0.15, -0.1) is 0 Å². The maximum Gasteiger partial charge on any atom is 0.155 e. The standard InChI is InChI=1S/C11H17NO3S/c1-8-5-6-9(7-12-8)10(13)11(2,3)16(4,14)15/h5-7,10,13H,1-4H3. The Morgan fingerprint density at radius 3 is 2.31 bits per heavy atom. The van der Waals surface area contributed by atoms with E-state index in [9.17, 15) is 13.5 Å². The van der Waals surface area contributed by atoms with Crippen LogP contribution in [0.5, 0.6) is 0 Å². The first kappa shape index (κ1) is 13.1. The van der Waals surface area contributed by atoms with Gasteiger partial charge >= 0.3 is 0 Å². The van der Waals surface area contributed by atoms with Gasteiger partial charge in [0.05, 0.1) is 10.9 Å². The summed E-state index contributed by atoms with van der Waals surface area (Å²) in [7, 11) is -3.34. The quantitative estimate of drug-likeness (QED) is 0.867. The third-order valence-corrected chi connectivity index (χ3v) is 5.00. The fourth-order valence-electron chi connectivity index (χ4n) is 1.25. The second kappa shape index (κ2) is 4.14. The van der Waals surface area contributed by atoms with Crippen LogP contribution >= 0.6 is 0 Å². The number of aryl methyl sites for hydroxylation is 1. The van der Waals surface area contributed by atoms with E-state index in [1.807, 2.05) is 6.92 Å². The highest BCUT2D eigenvalue weighted by atomic mass is 32.2. The van der Waals surface area contributed by atoms with Crippen LogP contribution in [0.1, 0.15) is 31.2 Å². The van der Waals surface area contributed by atoms with E-state index < -0.39 is 20.7 Å². The molecule has 0 spiro atoms. The summed E-state index contributed by atoms with van der Waals surface area (Å²) >= 11 is 0. The Morgan fingerprint density at radius 2 is 1.94 bits per heavy atom. The highest BCUT2D eigenvalue weighted by Crippen LogP contribution is 2.31. The Labute approximate surface area is 96.3 Å². The zero-order valence-electron chi connectivity index (χ0n) is 9.93. The largest absolute Gasteiger partial charge is 0.387 e. The van der Waals surface area contributed by atoms with Gasteiger partial charge in [0.15, 0.2) is 9.84 Å². The number of nitrogens with zero attached hydrogens (tertiary/aromatic N) is 1. The summed E-state index contributed by atoms with van der Waals surface area (Å²) in [5.74, 6) is 0. The highest BCUT2D eigenvalue weighted by Gasteiger charge is 2.38. The van der Waals surface area contributed by atoms with Gasteiger partial charge < -0.3 is 5.11 Å². The smallest absolute Gasteiger partial charge is 0.155 e. The zero-order chi connectivity index (χ0) is 12.6. The van der Waals surface area contributed by atoms with Crippen LogP contribution in [0.4, 0.5) is 0 Å². The molecule has 0 amide bonds. The lowest BCUT2D eigenvalue weighted by molar-refractivity contribution is 0.139. The summed E-state index contributed by atoms with van der Waals surface area (Å²) < 4.78 is 21.9. The monoisotopic (exact) mass is 243 g/mol. The number of aliphatic hydroxyl groups excluding tert-OH is 1. The van der Waals surface area contributed by atoms with Gasteiger partial charge in [-0.05, 0) is 26.8 Å². The molecule has 1 aromatic heterocycles. The first-order valence-electron chi connectivity index (χ1n) is 4.96. The minimum absolute atomic E-state index is 0.515. The molecule has 0 aliphatic rings. The number of aromatic nitrogens is 1. The summed E-state index contributed by atoms with van der Waals surface area (Å²) in [6.07, 6.45) is 1.56. The van der Waals surface area contributed by atoms with Crippen LogP contribution < -0.4 is 0 Å². The average molecular weight is 243 g/mol. The van der Waals surface area contributed by atoms with Gasteiger partial charge in [-0.1, -0.05) is 6.07 Å². The van der Waals surface area contributed by atoms with Crippen LogP contribution in [0.25, 0.3) is 0 Å². The fourth-order valence-corrected chi connectivity index (χ4v) is 1.79. The predicted molar refractivity (Wildman–Crippen MR) is 62.9 cm³/mol. The first-order valence-corrected chi connectivity index (χ1v) is 6.85. The van der Waals surface area contributed by atoms with Gasteiger partial charge in [0, 0.05) is 23.7 Å². The number of pyridine rings is 1. The minimum atomic E-state index is -3.34. The van der Waals surface area contributed by atoms with Crippen LogP contribution in [0.15, 0.2) is 18.3 Å². The summed E-state index contributed by atoms with van der Waals surface area (Å²) in [4.78, 5) is 4.04. The molecule has 1 unspecified atom stereocenters. The topological polar surface area (TPSA) is 67.3 Å². The minimum Gasteiger partial charge on any atom is -0.387 e. The van der Waals surface area contributed by atoms with Crippen molar-refractivity contribution in [1.82, 2.24) is 4.98 Å². The molecule has 0 bridgehead atoms. The van der Waals surface area contributed by atoms with Crippen molar-refractivity contribution in [3.63, 3.8) is 0 Å². The maximum atomic E-state index is 11.6. The third-order valence-electron chi connectivity index (χ3n) is 2.86. The normalized spacial score (nSPS) is 14.8. The number of sulfone groups is 1. The van der Waals surface area contributed by atoms with Crippen LogP contribution in [0.3, 0.4) is 0 Å². The third kappa shape index (κ3) is 2.41. The van der Waals surface area contributed by atoms with Crippen molar-refractivity contribution < 1.29 is 13.5 Å². The van der Waals surface area contributed by atoms with E-state index in [0.29, 0.717) is 5.56 Å². The van der Waals surface area contributed by atoms with Crippen molar-refractivity contribution in [2.75, 3.05) is 6.26 Å². The van der Waals surface area contributed by atoms with Crippen LogP contribution in [0, 0.1) is 6.92 Å². The fraction of sp³-hybridized carbons (Fsp3) is 0.545. The molecule has 0 aromatic carbocycles. The second-order valence-electron chi connectivity index (χ2n) is 4.51. The van der Waals surface area contributed by atoms with E-state index in [2.05, 4.69) is 4.98 Å². The lowest BCUT2D eigenvalue weighted by Gasteiger charge is -2.28. The number of aliphatic hydroxyl groups is 1. The van der Waals surface area contributed by atoms with Gasteiger partial charge in [-0.25, -0.2) is 8.42 Å². The SMILES string of the molecule is Cc1ccc(C(O)C(C)(C)S(C)(=O)=O)cn1. The Morgan fingerprint density at radius 1 is 1.38 bits per heavy atom. The Hall–Kier alpha value is -0.940. The number of hydrogen-bond donors (Lipinski definition) is 1. The van der Waals surface area contributed by atoms with Gasteiger partial charge in [0.1, 0.15) is 0 Å². The molecule has 1 N–H and O–H groups in total. The molecule has 16 heavy (non-hydrogen) atoms. The average Bonchev–Trinajstić information content (AvgIpc) is 2.16. The summed E-state index contributed by atoms with van der Waals surface area (Å²) in [5.41, 5.74) is 1.34. The molecule has 1 heterocycles. The van der Waals surface area contributed by atoms with E-state index in [-0.39, 0.29) is 0 Å². The van der Waals surface area contributed by atoms with Crippen molar-refractivity contribution in [3.8, 4) is 0 Å². The molecule has 0 fully saturated rings. The zero-order valence-corrected chi connectivity index (χ0v) is 10.7. The molecule has 1 atom stereocenters. The van der Waals surface area contributed by atoms with Crippen LogP contribution in [-0.2, 0) is 9.84 Å². The molecule has 90 valence electrons. The first-order chi connectivity index (χ1) is 7.16. The molecular weight excluding hydrogens is 226 g/mol. The molecular formula is C11H17NO3S. The van der Waals surface area contributed by atoms with Crippen molar-refractivity contribution in [3.05, 3.63) is 29.6 Å². The van der Waals surface area contributed by atoms with Gasteiger partial charge in [-0.2, -0.15) is 0 Å². The van der Waals surface area contributed by atoms with E-state index >= 15 is 0 Å². The van der Waals surface area contributed by atoms with E-state index in [0.717, 1.165) is 11.9 Å². The lowest BCUT2D eigenvalue weighted by atomic mass is 9.99. The number of rotatable bonds is 3. The Bertz CT molecular complexity index is 463. The maximum absolute atomic E-state index is 11.6. The van der Waals surface area contributed by atoms with Gasteiger partial charge in [0.2, 0.25) is 0 Å². The van der Waals surface area contributed by atoms with Gasteiger partial charge in [-0.3, -0.25) is 4.98 Å². The molecule has 0 saturated heterocycles. The van der Waals surface area contributed by atoms with Crippen molar-refractivity contribution in [1.29, 1.82) is 0 Å². The van der Waals surface area contributed by atoms with E-state index in [1.165, 1.54) is 20.0 Å². The second-order valence-corrected chi connectivity index (χ2v) is 7.11. The molecule has 4 nitrogen and oxygen atoms in total. The van der Waals surface area contributed by atoms with Crippen molar-refractivity contribution >= 4 is 9.84 Å².